The molecule has 0 amide bonds. The molecule has 1 heterocycles. The number of hydrogen-bond donors (Lipinski definition) is 0. The summed E-state index contributed by atoms with van der Waals surface area (Å²) in [7, 11) is 0. The minimum Gasteiger partial charge on any atom is -0.464 e. The molecule has 6 heteroatoms. The van der Waals surface area contributed by atoms with Gasteiger partial charge in [0.1, 0.15) is 6.61 Å². The van der Waals surface area contributed by atoms with E-state index in [2.05, 4.69) is 15.0 Å². The molecule has 1 aromatic carbocycles. The second kappa shape index (κ2) is 7.45. The van der Waals surface area contributed by atoms with Gasteiger partial charge in [-0.2, -0.15) is 9.97 Å². The Kier molecular flexibility index (Phi) is 5.32. The van der Waals surface area contributed by atoms with Gasteiger partial charge in [-0.25, -0.2) is 0 Å². The second-order valence-electron chi connectivity index (χ2n) is 3.73. The Bertz CT molecular complexity index is 576. The van der Waals surface area contributed by atoms with E-state index < -0.39 is 0 Å². The van der Waals surface area contributed by atoms with E-state index in [1.165, 1.54) is 0 Å². The van der Waals surface area contributed by atoms with E-state index >= 15 is 0 Å². The normalized spacial score (nSPS) is 10.7. The summed E-state index contributed by atoms with van der Waals surface area (Å²) in [6.07, 6.45) is 3.82. The quantitative estimate of drug-likeness (QED) is 0.819. The van der Waals surface area contributed by atoms with Crippen molar-refractivity contribution in [3.05, 3.63) is 47.3 Å². The smallest absolute Gasteiger partial charge is 0.324 e. The van der Waals surface area contributed by atoms with Crippen LogP contribution in [-0.2, 0) is 0 Å². The molecule has 0 aliphatic carbocycles. The summed E-state index contributed by atoms with van der Waals surface area (Å²) in [5.74, 6) is 0. The molecule has 20 heavy (non-hydrogen) atoms. The van der Waals surface area contributed by atoms with Gasteiger partial charge in [0.2, 0.25) is 5.28 Å². The fourth-order valence-corrected chi connectivity index (χ4v) is 1.59. The number of benzene rings is 1. The van der Waals surface area contributed by atoms with Crippen molar-refractivity contribution < 1.29 is 9.47 Å². The highest BCUT2D eigenvalue weighted by Crippen LogP contribution is 2.13. The first-order chi connectivity index (χ1) is 9.78. The molecule has 0 unspecified atom stereocenters. The lowest BCUT2D eigenvalue weighted by Crippen LogP contribution is -2.04. The maximum atomic E-state index is 5.75. The Morgan fingerprint density at radius 1 is 1.05 bits per heavy atom. The van der Waals surface area contributed by atoms with Gasteiger partial charge in [0.15, 0.2) is 0 Å². The molecule has 2 aromatic rings. The first-order valence-electron chi connectivity index (χ1n) is 6.16. The molecular weight excluding hydrogens is 278 g/mol. The lowest BCUT2D eigenvalue weighted by molar-refractivity contribution is 0.287. The maximum Gasteiger partial charge on any atom is 0.324 e. The zero-order valence-corrected chi connectivity index (χ0v) is 11.7. The SMILES string of the molecule is CCOc1nc(Cl)nc(OCC=Cc2ccccc2)n1. The Labute approximate surface area is 122 Å². The van der Waals surface area contributed by atoms with Crippen LogP contribution in [-0.4, -0.2) is 28.2 Å². The van der Waals surface area contributed by atoms with Gasteiger partial charge in [-0.3, -0.25) is 0 Å². The van der Waals surface area contributed by atoms with E-state index in [4.69, 9.17) is 21.1 Å². The monoisotopic (exact) mass is 291 g/mol. The number of rotatable bonds is 6. The summed E-state index contributed by atoms with van der Waals surface area (Å²) < 4.78 is 10.5. The van der Waals surface area contributed by atoms with Crippen molar-refractivity contribution in [1.29, 1.82) is 0 Å². The van der Waals surface area contributed by atoms with Crippen molar-refractivity contribution in [1.82, 2.24) is 15.0 Å². The van der Waals surface area contributed by atoms with Crippen molar-refractivity contribution in [2.45, 2.75) is 6.92 Å². The van der Waals surface area contributed by atoms with E-state index in [-0.39, 0.29) is 17.3 Å². The Balaban J connectivity index is 1.92. The summed E-state index contributed by atoms with van der Waals surface area (Å²) >= 11 is 5.75. The van der Waals surface area contributed by atoms with Gasteiger partial charge < -0.3 is 9.47 Å². The van der Waals surface area contributed by atoms with Crippen LogP contribution in [0, 0.1) is 0 Å². The lowest BCUT2D eigenvalue weighted by Gasteiger charge is -2.04. The van der Waals surface area contributed by atoms with Crippen molar-refractivity contribution in [2.24, 2.45) is 0 Å². The predicted molar refractivity (Wildman–Crippen MR) is 77.0 cm³/mol. The summed E-state index contributed by atoms with van der Waals surface area (Å²) in [5, 5.41) is 0.0467. The van der Waals surface area contributed by atoms with Crippen LogP contribution in [0.2, 0.25) is 5.28 Å². The minimum atomic E-state index is 0.0467. The maximum absolute atomic E-state index is 5.75. The van der Waals surface area contributed by atoms with Crippen molar-refractivity contribution in [3.63, 3.8) is 0 Å². The molecule has 5 nitrogen and oxygen atoms in total. The van der Waals surface area contributed by atoms with Crippen molar-refractivity contribution in [3.8, 4) is 12.0 Å². The van der Waals surface area contributed by atoms with Gasteiger partial charge in [0.05, 0.1) is 6.61 Å². The van der Waals surface area contributed by atoms with Crippen LogP contribution in [0.1, 0.15) is 12.5 Å². The fourth-order valence-electron chi connectivity index (χ4n) is 1.44. The molecule has 0 aliphatic heterocycles. The lowest BCUT2D eigenvalue weighted by atomic mass is 10.2. The van der Waals surface area contributed by atoms with Gasteiger partial charge in [-0.05, 0) is 30.2 Å². The third kappa shape index (κ3) is 4.51. The molecule has 0 fully saturated rings. The zero-order valence-electron chi connectivity index (χ0n) is 11.0. The summed E-state index contributed by atoms with van der Waals surface area (Å²) in [6, 6.07) is 10.2. The highest BCUT2D eigenvalue weighted by atomic mass is 35.5. The van der Waals surface area contributed by atoms with Crippen molar-refractivity contribution >= 4 is 17.7 Å². The van der Waals surface area contributed by atoms with Gasteiger partial charge in [-0.1, -0.05) is 36.4 Å². The van der Waals surface area contributed by atoms with Crippen LogP contribution >= 0.6 is 11.6 Å². The van der Waals surface area contributed by atoms with Gasteiger partial charge in [0, 0.05) is 0 Å². The van der Waals surface area contributed by atoms with E-state index in [0.717, 1.165) is 5.56 Å². The Morgan fingerprint density at radius 3 is 2.45 bits per heavy atom. The molecule has 0 aliphatic rings. The standard InChI is InChI=1S/C14H14ClN3O2/c1-2-19-13-16-12(15)17-14(18-13)20-10-6-9-11-7-4-3-5-8-11/h3-9H,2,10H2,1H3. The molecule has 1 aromatic heterocycles. The highest BCUT2D eigenvalue weighted by Gasteiger charge is 2.05. The van der Waals surface area contributed by atoms with Crippen LogP contribution in [0.4, 0.5) is 0 Å². The van der Waals surface area contributed by atoms with Crippen LogP contribution in [0.15, 0.2) is 36.4 Å². The Hall–Kier alpha value is -2.14. The van der Waals surface area contributed by atoms with E-state index in [9.17, 15) is 0 Å². The summed E-state index contributed by atoms with van der Waals surface area (Å²) in [4.78, 5) is 11.7. The zero-order chi connectivity index (χ0) is 14.2. The first-order valence-corrected chi connectivity index (χ1v) is 6.54. The van der Waals surface area contributed by atoms with Gasteiger partial charge in [-0.15, -0.1) is 4.98 Å². The molecule has 0 bridgehead atoms. The van der Waals surface area contributed by atoms with Crippen LogP contribution in [0.25, 0.3) is 6.08 Å². The molecule has 0 radical (unpaired) electrons. The average Bonchev–Trinajstić information content (AvgIpc) is 2.45. The summed E-state index contributed by atoms with van der Waals surface area (Å²) in [6.45, 7) is 2.62. The molecule has 104 valence electrons. The van der Waals surface area contributed by atoms with Crippen LogP contribution < -0.4 is 9.47 Å². The van der Waals surface area contributed by atoms with E-state index in [1.807, 2.05) is 49.4 Å². The summed E-state index contributed by atoms with van der Waals surface area (Å²) in [5.41, 5.74) is 1.10. The molecule has 0 saturated heterocycles. The third-order valence-corrected chi connectivity index (χ3v) is 2.43. The Morgan fingerprint density at radius 2 is 1.75 bits per heavy atom. The second-order valence-corrected chi connectivity index (χ2v) is 4.06. The molecule has 2 rings (SSSR count). The number of nitrogens with zero attached hydrogens (tertiary/aromatic N) is 3. The predicted octanol–water partition coefficient (Wildman–Crippen LogP) is 3.02. The van der Waals surface area contributed by atoms with Crippen LogP contribution in [0.5, 0.6) is 12.0 Å². The van der Waals surface area contributed by atoms with Gasteiger partial charge in [0.25, 0.3) is 0 Å². The molecular formula is C14H14ClN3O2. The molecule has 0 spiro atoms. The molecule has 0 atom stereocenters. The first kappa shape index (κ1) is 14.3. The minimum absolute atomic E-state index is 0.0467. The number of ether oxygens (including phenoxy) is 2. The number of hydrogen-bond acceptors (Lipinski definition) is 5. The average molecular weight is 292 g/mol. The highest BCUT2D eigenvalue weighted by molar-refractivity contribution is 6.28. The van der Waals surface area contributed by atoms with E-state index in [1.54, 1.807) is 0 Å². The number of halogens is 1. The molecule has 0 N–H and O–H groups in total. The van der Waals surface area contributed by atoms with Gasteiger partial charge >= 0.3 is 12.0 Å². The third-order valence-electron chi connectivity index (χ3n) is 2.26. The van der Waals surface area contributed by atoms with Crippen molar-refractivity contribution in [2.75, 3.05) is 13.2 Å². The molecule has 0 saturated carbocycles. The largest absolute Gasteiger partial charge is 0.464 e. The topological polar surface area (TPSA) is 57.1 Å². The fraction of sp³-hybridized carbons (Fsp3) is 0.214. The number of aromatic nitrogens is 3. The van der Waals surface area contributed by atoms with E-state index in [0.29, 0.717) is 13.2 Å². The van der Waals surface area contributed by atoms with Crippen LogP contribution in [0.3, 0.4) is 0 Å².